The zero-order valence-electron chi connectivity index (χ0n) is 20.4. The summed E-state index contributed by atoms with van der Waals surface area (Å²) in [6.07, 6.45) is -1.05. The van der Waals surface area contributed by atoms with E-state index in [0.29, 0.717) is 0 Å². The molecule has 35 heavy (non-hydrogen) atoms. The number of methoxy groups -OCH3 is 1. The van der Waals surface area contributed by atoms with E-state index in [1.165, 1.54) is 7.11 Å². The maximum absolute atomic E-state index is 12.8. The lowest BCUT2D eigenvalue weighted by Gasteiger charge is -2.47. The van der Waals surface area contributed by atoms with Crippen LogP contribution in [0.2, 0.25) is 0 Å². The van der Waals surface area contributed by atoms with Crippen LogP contribution >= 0.6 is 11.8 Å². The number of aliphatic hydroxyl groups excluding tert-OH is 2. The predicted molar refractivity (Wildman–Crippen MR) is 126 cm³/mol. The Labute approximate surface area is 208 Å². The second kappa shape index (κ2) is 14.5. The van der Waals surface area contributed by atoms with Gasteiger partial charge in [0, 0.05) is 43.9 Å². The summed E-state index contributed by atoms with van der Waals surface area (Å²) < 4.78 is 16.9. The van der Waals surface area contributed by atoms with Crippen LogP contribution in [0.15, 0.2) is 12.2 Å². The Morgan fingerprint density at radius 1 is 1.17 bits per heavy atom. The number of amides is 2. The molecule has 0 spiro atoms. The van der Waals surface area contributed by atoms with Gasteiger partial charge in [-0.25, -0.2) is 4.79 Å². The summed E-state index contributed by atoms with van der Waals surface area (Å²) in [6.45, 7) is 5.45. The number of carboxylic acid groups (broad SMARTS) is 1. The first kappa shape index (κ1) is 31.0. The van der Waals surface area contributed by atoms with Gasteiger partial charge in [-0.3, -0.25) is 14.4 Å². The van der Waals surface area contributed by atoms with Gasteiger partial charge in [0.15, 0.2) is 0 Å². The number of hydrogen-bond acceptors (Lipinski definition) is 10. The molecule has 1 rings (SSSR count). The number of carboxylic acids is 1. The molecular formula is C22H36N2O10S. The van der Waals surface area contributed by atoms with E-state index >= 15 is 0 Å². The highest BCUT2D eigenvalue weighted by Gasteiger charge is 2.51. The van der Waals surface area contributed by atoms with E-state index < -0.39 is 46.7 Å². The molecule has 0 radical (unpaired) electrons. The largest absolute Gasteiger partial charge is 0.478 e. The molecule has 1 aliphatic heterocycles. The molecule has 1 aliphatic rings. The highest BCUT2D eigenvalue weighted by molar-refractivity contribution is 8.14. The standard InChI is InChI=1S/C22H36N2O10S/c1-14(25)11-15(26)12-22(32-4)33-13-21(2,3)19(34-22)20(31)24-8-7-16(27)23-9-10-35-18(30)6-5-17(28)29/h5-6,14-15,19,25-26H,7-13H2,1-4H3,(H,23,27)(H,24,31)(H,28,29)/b6-5+/t14?,15?,19-,22?/m0/s1. The van der Waals surface area contributed by atoms with Crippen molar-refractivity contribution in [1.82, 2.24) is 10.6 Å². The van der Waals surface area contributed by atoms with Gasteiger partial charge in [-0.05, 0) is 19.4 Å². The molecule has 12 nitrogen and oxygen atoms in total. The van der Waals surface area contributed by atoms with Gasteiger partial charge in [0.2, 0.25) is 16.9 Å². The van der Waals surface area contributed by atoms with Crippen molar-refractivity contribution in [3.05, 3.63) is 12.2 Å². The first-order valence-corrected chi connectivity index (χ1v) is 12.1. The first-order valence-electron chi connectivity index (χ1n) is 11.2. The maximum Gasteiger partial charge on any atom is 0.328 e. The second-order valence-corrected chi connectivity index (χ2v) is 9.93. The second-order valence-electron chi connectivity index (χ2n) is 8.84. The van der Waals surface area contributed by atoms with Crippen molar-refractivity contribution in [3.8, 4) is 0 Å². The zero-order chi connectivity index (χ0) is 26.6. The fourth-order valence-electron chi connectivity index (χ4n) is 3.23. The molecule has 4 atom stereocenters. The van der Waals surface area contributed by atoms with Crippen LogP contribution in [0.5, 0.6) is 0 Å². The van der Waals surface area contributed by atoms with Gasteiger partial charge < -0.3 is 40.2 Å². The number of aliphatic hydroxyl groups is 2. The van der Waals surface area contributed by atoms with Crippen LogP contribution < -0.4 is 10.6 Å². The lowest BCUT2D eigenvalue weighted by Crippen LogP contribution is -2.60. The van der Waals surface area contributed by atoms with E-state index in [0.717, 1.165) is 23.9 Å². The summed E-state index contributed by atoms with van der Waals surface area (Å²) >= 11 is 0.871. The van der Waals surface area contributed by atoms with Crippen molar-refractivity contribution >= 4 is 34.7 Å². The van der Waals surface area contributed by atoms with Gasteiger partial charge in [0.1, 0.15) is 6.10 Å². The summed E-state index contributed by atoms with van der Waals surface area (Å²) in [6, 6.07) is 0. The summed E-state index contributed by atoms with van der Waals surface area (Å²) in [7, 11) is 1.33. The average molecular weight is 521 g/mol. The van der Waals surface area contributed by atoms with Gasteiger partial charge in [0.05, 0.1) is 25.2 Å². The Kier molecular flexibility index (Phi) is 12.9. The zero-order valence-corrected chi connectivity index (χ0v) is 21.3. The molecule has 2 amide bonds. The molecule has 5 N–H and O–H groups in total. The third-order valence-corrected chi connectivity index (χ3v) is 5.83. The van der Waals surface area contributed by atoms with E-state index in [4.69, 9.17) is 19.3 Å². The lowest BCUT2D eigenvalue weighted by atomic mass is 9.85. The quantitative estimate of drug-likeness (QED) is 0.151. The van der Waals surface area contributed by atoms with E-state index in [1.54, 1.807) is 20.8 Å². The third kappa shape index (κ3) is 11.5. The van der Waals surface area contributed by atoms with Crippen LogP contribution in [-0.4, -0.2) is 95.1 Å². The lowest BCUT2D eigenvalue weighted by molar-refractivity contribution is -0.429. The average Bonchev–Trinajstić information content (AvgIpc) is 2.76. The van der Waals surface area contributed by atoms with Crippen molar-refractivity contribution < 1.29 is 48.7 Å². The monoisotopic (exact) mass is 520 g/mol. The Morgan fingerprint density at radius 3 is 2.46 bits per heavy atom. The molecule has 3 unspecified atom stereocenters. The number of aliphatic carboxylic acids is 1. The van der Waals surface area contributed by atoms with Gasteiger partial charge in [-0.15, -0.1) is 0 Å². The molecule has 1 heterocycles. The number of thioether (sulfide) groups is 1. The topological polar surface area (TPSA) is 181 Å². The Balaban J connectivity index is 2.50. The highest BCUT2D eigenvalue weighted by Crippen LogP contribution is 2.38. The molecule has 0 aromatic rings. The number of ether oxygens (including phenoxy) is 3. The fraction of sp³-hybridized carbons (Fsp3) is 0.727. The smallest absolute Gasteiger partial charge is 0.328 e. The highest BCUT2D eigenvalue weighted by atomic mass is 32.2. The number of carbonyl (C=O) groups excluding carboxylic acids is 3. The van der Waals surface area contributed by atoms with E-state index in [1.807, 2.05) is 0 Å². The summed E-state index contributed by atoms with van der Waals surface area (Å²) in [5.74, 6) is -3.41. The van der Waals surface area contributed by atoms with Gasteiger partial charge in [-0.1, -0.05) is 25.6 Å². The fourth-order valence-corrected chi connectivity index (χ4v) is 3.80. The van der Waals surface area contributed by atoms with Crippen molar-refractivity contribution in [3.63, 3.8) is 0 Å². The molecule has 1 saturated heterocycles. The minimum Gasteiger partial charge on any atom is -0.478 e. The molecule has 0 saturated carbocycles. The predicted octanol–water partition coefficient (Wildman–Crippen LogP) is -0.227. The van der Waals surface area contributed by atoms with Crippen molar-refractivity contribution in [2.45, 2.75) is 64.3 Å². The molecule has 0 aliphatic carbocycles. The van der Waals surface area contributed by atoms with Crippen LogP contribution in [0, 0.1) is 5.41 Å². The molecule has 0 bridgehead atoms. The normalized spacial score (nSPS) is 23.4. The van der Waals surface area contributed by atoms with E-state index in [-0.39, 0.29) is 50.6 Å². The van der Waals surface area contributed by atoms with Gasteiger partial charge >= 0.3 is 5.97 Å². The molecular weight excluding hydrogens is 484 g/mol. The summed E-state index contributed by atoms with van der Waals surface area (Å²) in [5, 5.41) is 33.0. The number of rotatable bonds is 14. The minimum atomic E-state index is -1.65. The Bertz CT molecular complexity index is 773. The molecule has 13 heteroatoms. The third-order valence-electron chi connectivity index (χ3n) is 5.00. The number of nitrogens with one attached hydrogen (secondary N) is 2. The van der Waals surface area contributed by atoms with Crippen molar-refractivity contribution in [2.75, 3.05) is 32.6 Å². The van der Waals surface area contributed by atoms with Crippen LogP contribution in [0.4, 0.5) is 0 Å². The SMILES string of the molecule is COC1(CC(O)CC(C)O)OCC(C)(C)[C@H](C(=O)NCCC(=O)NCCSC(=O)/C=C/C(=O)O)O1. The van der Waals surface area contributed by atoms with Gasteiger partial charge in [0.25, 0.3) is 5.97 Å². The summed E-state index contributed by atoms with van der Waals surface area (Å²) in [4.78, 5) is 46.6. The van der Waals surface area contributed by atoms with Crippen molar-refractivity contribution in [1.29, 1.82) is 0 Å². The van der Waals surface area contributed by atoms with Crippen LogP contribution in [0.1, 0.15) is 40.0 Å². The van der Waals surface area contributed by atoms with Crippen molar-refractivity contribution in [2.24, 2.45) is 5.41 Å². The molecule has 1 fully saturated rings. The number of hydrogen-bond donors (Lipinski definition) is 5. The van der Waals surface area contributed by atoms with Gasteiger partial charge in [-0.2, -0.15) is 0 Å². The van der Waals surface area contributed by atoms with Crippen LogP contribution in [-0.2, 0) is 33.4 Å². The first-order chi connectivity index (χ1) is 16.3. The number of carbonyl (C=O) groups is 4. The molecule has 200 valence electrons. The van der Waals surface area contributed by atoms with E-state index in [2.05, 4.69) is 10.6 Å². The van der Waals surface area contributed by atoms with Crippen LogP contribution in [0.25, 0.3) is 0 Å². The maximum atomic E-state index is 12.8. The summed E-state index contributed by atoms with van der Waals surface area (Å²) in [5.41, 5.74) is -0.720. The Hall–Kier alpha value is -2.03. The van der Waals surface area contributed by atoms with E-state index in [9.17, 15) is 29.4 Å². The molecule has 0 aromatic carbocycles. The minimum absolute atomic E-state index is 0.00452. The molecule has 0 aromatic heterocycles. The van der Waals surface area contributed by atoms with Crippen LogP contribution in [0.3, 0.4) is 0 Å². The Morgan fingerprint density at radius 2 is 1.86 bits per heavy atom.